The maximum atomic E-state index is 13.2. The fourth-order valence-corrected chi connectivity index (χ4v) is 3.55. The van der Waals surface area contributed by atoms with Gasteiger partial charge in [-0.2, -0.15) is 5.10 Å². The minimum atomic E-state index is -0.426. The molecule has 1 aromatic heterocycles. The van der Waals surface area contributed by atoms with Gasteiger partial charge in [-0.3, -0.25) is 9.59 Å². The number of benzene rings is 2. The van der Waals surface area contributed by atoms with Crippen LogP contribution >= 0.6 is 11.6 Å². The van der Waals surface area contributed by atoms with Crippen LogP contribution < -0.4 is 14.9 Å². The molecule has 2 aromatic carbocycles. The molecule has 1 aliphatic heterocycles. The van der Waals surface area contributed by atoms with Crippen molar-refractivity contribution < 1.29 is 14.3 Å². The zero-order valence-corrected chi connectivity index (χ0v) is 18.1. The summed E-state index contributed by atoms with van der Waals surface area (Å²) in [6, 6.07) is 14.0. The molecule has 2 heterocycles. The number of fused-ring (bicyclic) bond motifs is 1. The zero-order valence-electron chi connectivity index (χ0n) is 17.3. The quantitative estimate of drug-likeness (QED) is 0.607. The first-order chi connectivity index (χ1) is 15.0. The van der Waals surface area contributed by atoms with Crippen LogP contribution in [0.2, 0.25) is 5.02 Å². The average molecular weight is 440 g/mol. The molecule has 31 heavy (non-hydrogen) atoms. The average Bonchev–Trinajstić information content (AvgIpc) is 2.78. The number of carbonyl (C=O) groups excluding carboxylic acids is 1. The Morgan fingerprint density at radius 2 is 1.81 bits per heavy atom. The number of carbonyl (C=O) groups is 1. The summed E-state index contributed by atoms with van der Waals surface area (Å²) in [6.07, 6.45) is 0. The van der Waals surface area contributed by atoms with E-state index in [4.69, 9.17) is 21.1 Å². The molecule has 0 radical (unpaired) electrons. The highest BCUT2D eigenvalue weighted by Crippen LogP contribution is 2.31. The highest BCUT2D eigenvalue weighted by atomic mass is 35.5. The molecule has 0 spiro atoms. The molecule has 0 N–H and O–H groups in total. The Balaban J connectivity index is 1.63. The van der Waals surface area contributed by atoms with Gasteiger partial charge in [0.15, 0.2) is 17.2 Å². The van der Waals surface area contributed by atoms with Gasteiger partial charge in [-0.05, 0) is 55.8 Å². The maximum absolute atomic E-state index is 13.2. The van der Waals surface area contributed by atoms with Gasteiger partial charge < -0.3 is 14.4 Å². The van der Waals surface area contributed by atoms with E-state index in [0.29, 0.717) is 54.2 Å². The van der Waals surface area contributed by atoms with Crippen LogP contribution in [0.25, 0.3) is 5.69 Å². The summed E-state index contributed by atoms with van der Waals surface area (Å²) in [7, 11) is 0. The first-order valence-corrected chi connectivity index (χ1v) is 10.4. The monoisotopic (exact) mass is 439 g/mol. The minimum Gasteiger partial charge on any atom is -0.486 e. The van der Waals surface area contributed by atoms with E-state index in [1.165, 1.54) is 6.07 Å². The van der Waals surface area contributed by atoms with E-state index in [1.807, 2.05) is 25.1 Å². The Bertz CT molecular complexity index is 1170. The fraction of sp³-hybridized carbons (Fsp3) is 0.261. The molecular formula is C23H22ClN3O4. The molecule has 3 aromatic rings. The summed E-state index contributed by atoms with van der Waals surface area (Å²) in [6.45, 7) is 5.38. The molecule has 8 heteroatoms. The molecule has 7 nitrogen and oxygen atoms in total. The molecule has 0 saturated heterocycles. The Morgan fingerprint density at radius 3 is 2.52 bits per heavy atom. The molecule has 0 aliphatic carbocycles. The van der Waals surface area contributed by atoms with Crippen LogP contribution in [-0.4, -0.2) is 40.3 Å². The number of hydrogen-bond acceptors (Lipinski definition) is 5. The van der Waals surface area contributed by atoms with Gasteiger partial charge in [-0.25, -0.2) is 4.68 Å². The van der Waals surface area contributed by atoms with Gasteiger partial charge in [0.1, 0.15) is 13.2 Å². The predicted molar refractivity (Wildman–Crippen MR) is 117 cm³/mol. The third-order valence-corrected chi connectivity index (χ3v) is 5.28. The summed E-state index contributed by atoms with van der Waals surface area (Å²) in [5.74, 6) is 0.923. The Morgan fingerprint density at radius 1 is 1.10 bits per heavy atom. The van der Waals surface area contributed by atoms with Crippen molar-refractivity contribution in [1.29, 1.82) is 0 Å². The van der Waals surface area contributed by atoms with Gasteiger partial charge in [0.2, 0.25) is 5.43 Å². The number of ether oxygens (including phenoxy) is 2. The molecule has 160 valence electrons. The summed E-state index contributed by atoms with van der Waals surface area (Å²) in [5.41, 5.74) is 1.68. The second kappa shape index (κ2) is 8.81. The SMILES string of the molecule is CCN(Cc1ccc2c(c1)OCCO2)C(=O)c1nn(-c2ccc(Cl)cc2)c(C)cc1=O. The van der Waals surface area contributed by atoms with E-state index in [0.717, 1.165) is 5.56 Å². The summed E-state index contributed by atoms with van der Waals surface area (Å²) < 4.78 is 12.7. The van der Waals surface area contributed by atoms with Gasteiger partial charge >= 0.3 is 0 Å². The van der Waals surface area contributed by atoms with Crippen molar-refractivity contribution in [2.45, 2.75) is 20.4 Å². The topological polar surface area (TPSA) is 73.7 Å². The molecule has 1 amide bonds. The van der Waals surface area contributed by atoms with E-state index in [1.54, 1.807) is 40.8 Å². The number of aryl methyl sites for hydroxylation is 1. The molecule has 0 saturated carbocycles. The maximum Gasteiger partial charge on any atom is 0.278 e. The molecule has 0 fully saturated rings. The van der Waals surface area contributed by atoms with Crippen molar-refractivity contribution >= 4 is 17.5 Å². The van der Waals surface area contributed by atoms with E-state index < -0.39 is 11.3 Å². The van der Waals surface area contributed by atoms with Crippen LogP contribution in [0, 0.1) is 6.92 Å². The van der Waals surface area contributed by atoms with E-state index in [-0.39, 0.29) is 5.69 Å². The third kappa shape index (κ3) is 4.41. The molecule has 0 bridgehead atoms. The predicted octanol–water partition coefficient (Wildman–Crippen LogP) is 3.63. The largest absolute Gasteiger partial charge is 0.486 e. The number of rotatable bonds is 5. The van der Waals surface area contributed by atoms with Gasteiger partial charge in [-0.15, -0.1) is 0 Å². The van der Waals surface area contributed by atoms with Crippen molar-refractivity contribution in [3.8, 4) is 17.2 Å². The first kappa shape index (κ1) is 20.9. The number of nitrogens with zero attached hydrogens (tertiary/aromatic N) is 3. The Kier molecular flexibility index (Phi) is 5.95. The van der Waals surface area contributed by atoms with Crippen LogP contribution in [0.5, 0.6) is 11.5 Å². The van der Waals surface area contributed by atoms with Crippen molar-refractivity contribution in [2.75, 3.05) is 19.8 Å². The second-order valence-corrected chi connectivity index (χ2v) is 7.62. The minimum absolute atomic E-state index is 0.125. The standard InChI is InChI=1S/C23H22ClN3O4/c1-3-26(14-16-4-9-20-21(13-16)31-11-10-30-20)23(29)22-19(28)12-15(2)27(25-22)18-7-5-17(24)6-8-18/h4-9,12-13H,3,10-11,14H2,1-2H3. The number of halogens is 1. The van der Waals surface area contributed by atoms with Crippen LogP contribution in [0.3, 0.4) is 0 Å². The van der Waals surface area contributed by atoms with Crippen LogP contribution in [0.1, 0.15) is 28.7 Å². The number of aromatic nitrogens is 2. The van der Waals surface area contributed by atoms with Crippen LogP contribution in [0.4, 0.5) is 0 Å². The third-order valence-electron chi connectivity index (χ3n) is 5.03. The van der Waals surface area contributed by atoms with E-state index >= 15 is 0 Å². The Hall–Kier alpha value is -3.32. The number of hydrogen-bond donors (Lipinski definition) is 0. The molecular weight excluding hydrogens is 418 g/mol. The molecule has 0 unspecified atom stereocenters. The lowest BCUT2D eigenvalue weighted by molar-refractivity contribution is 0.0742. The van der Waals surface area contributed by atoms with Crippen molar-refractivity contribution in [3.05, 3.63) is 80.7 Å². The molecule has 4 rings (SSSR count). The highest BCUT2D eigenvalue weighted by molar-refractivity contribution is 6.30. The van der Waals surface area contributed by atoms with Gasteiger partial charge in [0.05, 0.1) is 5.69 Å². The lowest BCUT2D eigenvalue weighted by Crippen LogP contribution is -2.36. The van der Waals surface area contributed by atoms with Gasteiger partial charge in [0.25, 0.3) is 5.91 Å². The summed E-state index contributed by atoms with van der Waals surface area (Å²) in [5, 5.41) is 4.97. The lowest BCUT2D eigenvalue weighted by atomic mass is 10.1. The normalized spacial score (nSPS) is 12.5. The number of amides is 1. The summed E-state index contributed by atoms with van der Waals surface area (Å²) >= 11 is 5.97. The fourth-order valence-electron chi connectivity index (χ4n) is 3.42. The van der Waals surface area contributed by atoms with Crippen molar-refractivity contribution in [2.24, 2.45) is 0 Å². The second-order valence-electron chi connectivity index (χ2n) is 7.18. The molecule has 0 atom stereocenters. The van der Waals surface area contributed by atoms with Crippen LogP contribution in [0.15, 0.2) is 53.3 Å². The highest BCUT2D eigenvalue weighted by Gasteiger charge is 2.22. The van der Waals surface area contributed by atoms with Crippen molar-refractivity contribution in [1.82, 2.24) is 14.7 Å². The first-order valence-electron chi connectivity index (χ1n) is 10.0. The Labute approximate surface area is 184 Å². The van der Waals surface area contributed by atoms with Crippen molar-refractivity contribution in [3.63, 3.8) is 0 Å². The van der Waals surface area contributed by atoms with Crippen LogP contribution in [-0.2, 0) is 6.54 Å². The van der Waals surface area contributed by atoms with E-state index in [2.05, 4.69) is 5.10 Å². The molecule has 1 aliphatic rings. The van der Waals surface area contributed by atoms with E-state index in [9.17, 15) is 9.59 Å². The van der Waals surface area contributed by atoms with Gasteiger partial charge in [0, 0.05) is 29.9 Å². The van der Waals surface area contributed by atoms with Gasteiger partial charge in [-0.1, -0.05) is 17.7 Å². The summed E-state index contributed by atoms with van der Waals surface area (Å²) in [4.78, 5) is 27.4. The zero-order chi connectivity index (χ0) is 22.0. The smallest absolute Gasteiger partial charge is 0.278 e. The lowest BCUT2D eigenvalue weighted by Gasteiger charge is -2.23.